The summed E-state index contributed by atoms with van der Waals surface area (Å²) in [4.78, 5) is 12.1. The minimum atomic E-state index is -3.41. The third kappa shape index (κ3) is 8.24. The van der Waals surface area contributed by atoms with E-state index in [0.29, 0.717) is 12.2 Å². The Labute approximate surface area is 141 Å². The number of ether oxygens (including phenoxy) is 2. The molecule has 0 bridgehead atoms. The molecule has 0 aliphatic rings. The summed E-state index contributed by atoms with van der Waals surface area (Å²) in [7, 11) is -2.10. The van der Waals surface area contributed by atoms with Crippen LogP contribution in [-0.4, -0.2) is 46.2 Å². The van der Waals surface area contributed by atoms with Gasteiger partial charge in [-0.05, 0) is 44.0 Å². The van der Waals surface area contributed by atoms with E-state index in [4.69, 9.17) is 8.92 Å². The molecule has 8 heteroatoms. The molecule has 0 aliphatic heterocycles. The molecule has 0 amide bonds. The molecule has 1 unspecified atom stereocenters. The first-order valence-corrected chi connectivity index (χ1v) is 9.83. The maximum atomic E-state index is 11.1. The fraction of sp³-hybridized carbons (Fsp3) is 0.533. The number of hydrogen-bond acceptors (Lipinski definition) is 7. The Morgan fingerprint density at radius 1 is 1.35 bits per heavy atom. The van der Waals surface area contributed by atoms with Gasteiger partial charge in [0.15, 0.2) is 6.61 Å². The molecule has 0 radical (unpaired) electrons. The summed E-state index contributed by atoms with van der Waals surface area (Å²) in [5.41, 5.74) is 0.916. The highest BCUT2D eigenvalue weighted by atomic mass is 32.2. The lowest BCUT2D eigenvalue weighted by atomic mass is 10.2. The molecule has 0 spiro atoms. The van der Waals surface area contributed by atoms with E-state index in [0.717, 1.165) is 22.5 Å². The Morgan fingerprint density at radius 3 is 2.61 bits per heavy atom. The van der Waals surface area contributed by atoms with Crippen molar-refractivity contribution < 1.29 is 26.9 Å². The first-order chi connectivity index (χ1) is 10.7. The first kappa shape index (κ1) is 19.8. The SMILES string of the molecule is COC(=O)COc1ccc(SCCC(C)OS(C)(=O)=O)cc1C. The van der Waals surface area contributed by atoms with Crippen molar-refractivity contribution in [2.75, 3.05) is 25.7 Å². The summed E-state index contributed by atoms with van der Waals surface area (Å²) >= 11 is 1.60. The van der Waals surface area contributed by atoms with Gasteiger partial charge in [-0.15, -0.1) is 11.8 Å². The number of thioether (sulfide) groups is 1. The van der Waals surface area contributed by atoms with Gasteiger partial charge in [0.2, 0.25) is 0 Å². The van der Waals surface area contributed by atoms with Crippen molar-refractivity contribution in [3.63, 3.8) is 0 Å². The summed E-state index contributed by atoms with van der Waals surface area (Å²) in [5.74, 6) is 0.939. The summed E-state index contributed by atoms with van der Waals surface area (Å²) in [6.07, 6.45) is 1.33. The molecule has 23 heavy (non-hydrogen) atoms. The van der Waals surface area contributed by atoms with Crippen LogP contribution in [0.3, 0.4) is 0 Å². The molecule has 0 saturated carbocycles. The van der Waals surface area contributed by atoms with Crippen molar-refractivity contribution in [2.24, 2.45) is 0 Å². The molecule has 0 aliphatic carbocycles. The van der Waals surface area contributed by atoms with Crippen molar-refractivity contribution in [1.29, 1.82) is 0 Å². The molecule has 1 aromatic carbocycles. The number of aryl methyl sites for hydroxylation is 1. The van der Waals surface area contributed by atoms with Crippen LogP contribution >= 0.6 is 11.8 Å². The van der Waals surface area contributed by atoms with Crippen LogP contribution in [0.5, 0.6) is 5.75 Å². The van der Waals surface area contributed by atoms with Gasteiger partial charge >= 0.3 is 5.97 Å². The van der Waals surface area contributed by atoms with Gasteiger partial charge in [0.25, 0.3) is 10.1 Å². The number of rotatable bonds is 9. The minimum Gasteiger partial charge on any atom is -0.482 e. The van der Waals surface area contributed by atoms with Crippen molar-refractivity contribution >= 4 is 27.8 Å². The maximum Gasteiger partial charge on any atom is 0.343 e. The van der Waals surface area contributed by atoms with Gasteiger partial charge in [0, 0.05) is 10.6 Å². The molecule has 130 valence electrons. The zero-order valence-corrected chi connectivity index (χ0v) is 15.3. The van der Waals surface area contributed by atoms with E-state index >= 15 is 0 Å². The molecule has 0 N–H and O–H groups in total. The Bertz CT molecular complexity index is 627. The van der Waals surface area contributed by atoms with Crippen LogP contribution < -0.4 is 4.74 Å². The summed E-state index contributed by atoms with van der Waals surface area (Å²) in [5, 5.41) is 0. The van der Waals surface area contributed by atoms with E-state index in [1.165, 1.54) is 7.11 Å². The molecular formula is C15H22O6S2. The van der Waals surface area contributed by atoms with E-state index in [1.807, 2.05) is 19.1 Å². The van der Waals surface area contributed by atoms with Gasteiger partial charge < -0.3 is 9.47 Å². The summed E-state index contributed by atoms with van der Waals surface area (Å²) in [6, 6.07) is 5.66. The molecular weight excluding hydrogens is 340 g/mol. The molecule has 1 rings (SSSR count). The second-order valence-electron chi connectivity index (χ2n) is 5.04. The predicted octanol–water partition coefficient (Wildman–Crippen LogP) is 2.39. The Hall–Kier alpha value is -1.25. The third-order valence-corrected chi connectivity index (χ3v) is 4.56. The van der Waals surface area contributed by atoms with Gasteiger partial charge in [-0.3, -0.25) is 4.18 Å². The van der Waals surface area contributed by atoms with Gasteiger partial charge in [-0.25, -0.2) is 4.79 Å². The van der Waals surface area contributed by atoms with Crippen LogP contribution in [0.4, 0.5) is 0 Å². The average Bonchev–Trinajstić information content (AvgIpc) is 2.44. The average molecular weight is 362 g/mol. The van der Waals surface area contributed by atoms with Crippen LogP contribution in [0, 0.1) is 6.92 Å². The van der Waals surface area contributed by atoms with E-state index in [-0.39, 0.29) is 12.7 Å². The molecule has 0 fully saturated rings. The van der Waals surface area contributed by atoms with Crippen LogP contribution in [0.15, 0.2) is 23.1 Å². The standard InChI is InChI=1S/C15H22O6S2/c1-11-9-13(5-6-14(11)20-10-15(16)19-3)22-8-7-12(2)21-23(4,17)18/h5-6,9,12H,7-8,10H2,1-4H3. The number of hydrogen-bond donors (Lipinski definition) is 0. The predicted molar refractivity (Wildman–Crippen MR) is 89.4 cm³/mol. The topological polar surface area (TPSA) is 78.9 Å². The number of carbonyl (C=O) groups excluding carboxylic acids is 1. The van der Waals surface area contributed by atoms with Crippen LogP contribution in [0.1, 0.15) is 18.9 Å². The van der Waals surface area contributed by atoms with E-state index in [2.05, 4.69) is 4.74 Å². The normalized spacial score (nSPS) is 12.7. The second kappa shape index (κ2) is 9.14. The number of carbonyl (C=O) groups is 1. The van der Waals surface area contributed by atoms with Crippen LogP contribution in [0.2, 0.25) is 0 Å². The zero-order valence-electron chi connectivity index (χ0n) is 13.7. The first-order valence-electron chi connectivity index (χ1n) is 7.02. The van der Waals surface area contributed by atoms with Crippen molar-refractivity contribution in [3.8, 4) is 5.75 Å². The zero-order chi connectivity index (χ0) is 17.5. The number of esters is 1. The summed E-state index contributed by atoms with van der Waals surface area (Å²) in [6.45, 7) is 3.51. The minimum absolute atomic E-state index is 0.121. The largest absolute Gasteiger partial charge is 0.482 e. The third-order valence-electron chi connectivity index (χ3n) is 2.85. The Kier molecular flexibility index (Phi) is 7.87. The molecule has 6 nitrogen and oxygen atoms in total. The lowest BCUT2D eigenvalue weighted by Gasteiger charge is -2.12. The fourth-order valence-corrected chi connectivity index (χ4v) is 3.56. The molecule has 0 heterocycles. The maximum absolute atomic E-state index is 11.1. The second-order valence-corrected chi connectivity index (χ2v) is 7.81. The molecule has 1 aromatic rings. The lowest BCUT2D eigenvalue weighted by molar-refractivity contribution is -0.142. The van der Waals surface area contributed by atoms with E-state index in [1.54, 1.807) is 24.8 Å². The fourth-order valence-electron chi connectivity index (χ4n) is 1.76. The summed E-state index contributed by atoms with van der Waals surface area (Å²) < 4.78 is 36.8. The molecule has 1 atom stereocenters. The van der Waals surface area contributed by atoms with Gasteiger partial charge in [0.05, 0.1) is 19.5 Å². The smallest absolute Gasteiger partial charge is 0.343 e. The van der Waals surface area contributed by atoms with Crippen molar-refractivity contribution in [2.45, 2.75) is 31.3 Å². The van der Waals surface area contributed by atoms with Gasteiger partial charge in [-0.1, -0.05) is 0 Å². The quantitative estimate of drug-likeness (QED) is 0.379. The van der Waals surface area contributed by atoms with Crippen LogP contribution in [-0.2, 0) is 23.8 Å². The van der Waals surface area contributed by atoms with Crippen LogP contribution in [0.25, 0.3) is 0 Å². The lowest BCUT2D eigenvalue weighted by Crippen LogP contribution is -2.14. The Morgan fingerprint density at radius 2 is 2.04 bits per heavy atom. The van der Waals surface area contributed by atoms with E-state index < -0.39 is 16.1 Å². The van der Waals surface area contributed by atoms with E-state index in [9.17, 15) is 13.2 Å². The Balaban J connectivity index is 2.47. The number of benzene rings is 1. The number of methoxy groups -OCH3 is 1. The molecule has 0 aromatic heterocycles. The monoisotopic (exact) mass is 362 g/mol. The molecule has 0 saturated heterocycles. The van der Waals surface area contributed by atoms with Gasteiger partial charge in [0.1, 0.15) is 5.75 Å². The highest BCUT2D eigenvalue weighted by Gasteiger charge is 2.10. The highest BCUT2D eigenvalue weighted by molar-refractivity contribution is 7.99. The van der Waals surface area contributed by atoms with Crippen molar-refractivity contribution in [3.05, 3.63) is 23.8 Å². The highest BCUT2D eigenvalue weighted by Crippen LogP contribution is 2.26. The van der Waals surface area contributed by atoms with Gasteiger partial charge in [-0.2, -0.15) is 8.42 Å². The van der Waals surface area contributed by atoms with Crippen molar-refractivity contribution in [1.82, 2.24) is 0 Å².